The highest BCUT2D eigenvalue weighted by molar-refractivity contribution is 5.31. The first-order chi connectivity index (χ1) is 9.12. The molecule has 1 aromatic heterocycles. The Balaban J connectivity index is 1.93. The first-order valence-electron chi connectivity index (χ1n) is 6.93. The van der Waals surface area contributed by atoms with Crippen LogP contribution in [0.4, 0.5) is 0 Å². The highest BCUT2D eigenvalue weighted by Gasteiger charge is 2.45. The first-order valence-corrected chi connectivity index (χ1v) is 6.93. The first kappa shape index (κ1) is 12.6. The molecule has 0 aromatic carbocycles. The molecule has 2 atom stereocenters. The lowest BCUT2D eigenvalue weighted by Crippen LogP contribution is -2.55. The van der Waals surface area contributed by atoms with Gasteiger partial charge in [0.2, 0.25) is 0 Å². The predicted molar refractivity (Wildman–Crippen MR) is 71.3 cm³/mol. The van der Waals surface area contributed by atoms with Gasteiger partial charge in [0.15, 0.2) is 0 Å². The summed E-state index contributed by atoms with van der Waals surface area (Å²) in [4.78, 5) is 6.72. The van der Waals surface area contributed by atoms with Gasteiger partial charge in [-0.25, -0.2) is 0 Å². The standard InChI is InChI=1S/C15H19N3O/c1-18-12-3-2-4-13(18)9-15(19,8-12)14-7-11(10-16)5-6-17-14/h5-7,12-13,19H,2-4,8-9H2,1H3. The molecule has 0 radical (unpaired) electrons. The lowest BCUT2D eigenvalue weighted by atomic mass is 9.74. The highest BCUT2D eigenvalue weighted by Crippen LogP contribution is 2.42. The number of hydrogen-bond acceptors (Lipinski definition) is 4. The number of aromatic nitrogens is 1. The van der Waals surface area contributed by atoms with Crippen LogP contribution in [0.1, 0.15) is 43.4 Å². The van der Waals surface area contributed by atoms with Crippen LogP contribution in [-0.2, 0) is 5.60 Å². The Bertz CT molecular complexity index is 508. The second-order valence-electron chi connectivity index (χ2n) is 5.89. The van der Waals surface area contributed by atoms with Gasteiger partial charge in [0.1, 0.15) is 5.60 Å². The minimum atomic E-state index is -0.866. The van der Waals surface area contributed by atoms with E-state index in [1.165, 1.54) is 6.42 Å². The van der Waals surface area contributed by atoms with Gasteiger partial charge in [0, 0.05) is 18.3 Å². The van der Waals surface area contributed by atoms with E-state index < -0.39 is 5.60 Å². The average Bonchev–Trinajstić information content (AvgIpc) is 2.41. The number of fused-ring (bicyclic) bond motifs is 2. The van der Waals surface area contributed by atoms with E-state index in [2.05, 4.69) is 23.0 Å². The van der Waals surface area contributed by atoms with Crippen molar-refractivity contribution < 1.29 is 5.11 Å². The summed E-state index contributed by atoms with van der Waals surface area (Å²) in [6, 6.07) is 6.41. The van der Waals surface area contributed by atoms with Crippen molar-refractivity contribution in [3.05, 3.63) is 29.6 Å². The van der Waals surface area contributed by atoms with Crippen LogP contribution >= 0.6 is 0 Å². The van der Waals surface area contributed by atoms with Gasteiger partial charge in [0.05, 0.1) is 17.3 Å². The third-order valence-electron chi connectivity index (χ3n) is 4.74. The number of pyridine rings is 1. The fraction of sp³-hybridized carbons (Fsp3) is 0.600. The predicted octanol–water partition coefficient (Wildman–Crippen LogP) is 1.79. The number of piperidine rings is 2. The van der Waals surface area contributed by atoms with Crippen molar-refractivity contribution in [3.63, 3.8) is 0 Å². The highest BCUT2D eigenvalue weighted by atomic mass is 16.3. The molecule has 3 heterocycles. The maximum Gasteiger partial charge on any atom is 0.109 e. The molecule has 19 heavy (non-hydrogen) atoms. The fourth-order valence-electron chi connectivity index (χ4n) is 3.61. The van der Waals surface area contributed by atoms with E-state index in [-0.39, 0.29) is 0 Å². The van der Waals surface area contributed by atoms with Crippen molar-refractivity contribution in [1.29, 1.82) is 5.26 Å². The summed E-state index contributed by atoms with van der Waals surface area (Å²) in [6.45, 7) is 0. The molecule has 1 N–H and O–H groups in total. The van der Waals surface area contributed by atoms with Crippen LogP contribution in [0.5, 0.6) is 0 Å². The maximum atomic E-state index is 11.0. The molecule has 100 valence electrons. The summed E-state index contributed by atoms with van der Waals surface area (Å²) < 4.78 is 0. The van der Waals surface area contributed by atoms with Crippen LogP contribution in [0.2, 0.25) is 0 Å². The van der Waals surface area contributed by atoms with E-state index in [0.717, 1.165) is 25.7 Å². The third kappa shape index (κ3) is 2.13. The molecule has 0 amide bonds. The van der Waals surface area contributed by atoms with Gasteiger partial charge < -0.3 is 10.0 Å². The minimum Gasteiger partial charge on any atom is -0.383 e. The normalized spacial score (nSPS) is 34.8. The smallest absolute Gasteiger partial charge is 0.109 e. The maximum absolute atomic E-state index is 11.0. The topological polar surface area (TPSA) is 60.1 Å². The van der Waals surface area contributed by atoms with Gasteiger partial charge in [-0.3, -0.25) is 4.98 Å². The molecule has 0 spiro atoms. The zero-order valence-corrected chi connectivity index (χ0v) is 11.2. The number of hydrogen-bond donors (Lipinski definition) is 1. The molecular weight excluding hydrogens is 238 g/mol. The van der Waals surface area contributed by atoms with E-state index in [9.17, 15) is 5.11 Å². The Morgan fingerprint density at radius 2 is 2.11 bits per heavy atom. The Kier molecular flexibility index (Phi) is 3.04. The van der Waals surface area contributed by atoms with Crippen molar-refractivity contribution in [1.82, 2.24) is 9.88 Å². The van der Waals surface area contributed by atoms with E-state index in [4.69, 9.17) is 5.26 Å². The zero-order valence-electron chi connectivity index (χ0n) is 11.2. The molecule has 4 heteroatoms. The molecule has 2 unspecified atom stereocenters. The average molecular weight is 257 g/mol. The van der Waals surface area contributed by atoms with Crippen molar-refractivity contribution in [2.45, 2.75) is 49.8 Å². The molecule has 2 saturated heterocycles. The van der Waals surface area contributed by atoms with E-state index in [1.807, 2.05) is 0 Å². The molecule has 2 bridgehead atoms. The molecule has 3 rings (SSSR count). The van der Waals surface area contributed by atoms with E-state index >= 15 is 0 Å². The molecular formula is C15H19N3O. The lowest BCUT2D eigenvalue weighted by Gasteiger charge is -2.50. The van der Waals surface area contributed by atoms with Gasteiger partial charge >= 0.3 is 0 Å². The summed E-state index contributed by atoms with van der Waals surface area (Å²) in [5.74, 6) is 0. The van der Waals surface area contributed by atoms with Crippen LogP contribution in [-0.4, -0.2) is 34.1 Å². The summed E-state index contributed by atoms with van der Waals surface area (Å²) in [5.41, 5.74) is 0.369. The van der Waals surface area contributed by atoms with Crippen LogP contribution in [0.25, 0.3) is 0 Å². The molecule has 0 aliphatic carbocycles. The number of rotatable bonds is 1. The monoisotopic (exact) mass is 257 g/mol. The largest absolute Gasteiger partial charge is 0.383 e. The second kappa shape index (κ2) is 4.59. The van der Waals surface area contributed by atoms with E-state index in [1.54, 1.807) is 18.3 Å². The minimum absolute atomic E-state index is 0.435. The van der Waals surface area contributed by atoms with Crippen molar-refractivity contribution in [2.75, 3.05) is 7.05 Å². The Labute approximate surface area is 113 Å². The molecule has 2 aliphatic rings. The third-order valence-corrected chi connectivity index (χ3v) is 4.74. The van der Waals surface area contributed by atoms with Crippen LogP contribution in [0.3, 0.4) is 0 Å². The van der Waals surface area contributed by atoms with Crippen molar-refractivity contribution in [3.8, 4) is 6.07 Å². The van der Waals surface area contributed by atoms with Crippen LogP contribution < -0.4 is 0 Å². The Hall–Kier alpha value is -1.44. The van der Waals surface area contributed by atoms with Crippen LogP contribution in [0.15, 0.2) is 18.3 Å². The van der Waals surface area contributed by atoms with E-state index in [0.29, 0.717) is 23.3 Å². The molecule has 2 fully saturated rings. The van der Waals surface area contributed by atoms with Crippen molar-refractivity contribution in [2.24, 2.45) is 0 Å². The quantitative estimate of drug-likeness (QED) is 0.833. The summed E-state index contributed by atoms with van der Waals surface area (Å²) >= 11 is 0. The number of aliphatic hydroxyl groups is 1. The molecule has 0 saturated carbocycles. The molecule has 1 aromatic rings. The number of nitriles is 1. The summed E-state index contributed by atoms with van der Waals surface area (Å²) in [5, 5.41) is 20.0. The number of nitrogens with zero attached hydrogens (tertiary/aromatic N) is 3. The zero-order chi connectivity index (χ0) is 13.5. The Morgan fingerprint density at radius 1 is 1.42 bits per heavy atom. The molecule has 4 nitrogen and oxygen atoms in total. The lowest BCUT2D eigenvalue weighted by molar-refractivity contribution is -0.0898. The van der Waals surface area contributed by atoms with Gasteiger partial charge in [-0.2, -0.15) is 5.26 Å². The second-order valence-corrected chi connectivity index (χ2v) is 5.89. The summed E-state index contributed by atoms with van der Waals surface area (Å²) in [6.07, 6.45) is 6.62. The summed E-state index contributed by atoms with van der Waals surface area (Å²) in [7, 11) is 2.16. The van der Waals surface area contributed by atoms with Gasteiger partial charge in [0.25, 0.3) is 0 Å². The molecule has 2 aliphatic heterocycles. The van der Waals surface area contributed by atoms with Gasteiger partial charge in [-0.15, -0.1) is 0 Å². The van der Waals surface area contributed by atoms with Crippen LogP contribution in [0, 0.1) is 11.3 Å². The fourth-order valence-corrected chi connectivity index (χ4v) is 3.61. The van der Waals surface area contributed by atoms with Gasteiger partial charge in [-0.1, -0.05) is 6.42 Å². The Morgan fingerprint density at radius 3 is 2.74 bits per heavy atom. The van der Waals surface area contributed by atoms with Gasteiger partial charge in [-0.05, 0) is 44.9 Å². The SMILES string of the molecule is CN1C2CCCC1CC(O)(c1cc(C#N)ccn1)C2. The van der Waals surface area contributed by atoms with Crippen molar-refractivity contribution >= 4 is 0 Å².